The van der Waals surface area contributed by atoms with Crippen molar-refractivity contribution in [3.05, 3.63) is 28.2 Å². The van der Waals surface area contributed by atoms with E-state index in [0.717, 1.165) is 6.07 Å². The molecule has 0 unspecified atom stereocenters. The fourth-order valence-electron chi connectivity index (χ4n) is 0.684. The highest BCUT2D eigenvalue weighted by Crippen LogP contribution is 2.24. The normalized spacial score (nSPS) is 10.7. The maximum absolute atomic E-state index is 10.6. The van der Waals surface area contributed by atoms with Gasteiger partial charge in [-0.2, -0.15) is 8.42 Å². The Labute approximate surface area is 85.8 Å². The monoisotopic (exact) mass is 243 g/mol. The summed E-state index contributed by atoms with van der Waals surface area (Å²) in [6.07, 6.45) is 0. The van der Waals surface area contributed by atoms with Crippen LogP contribution in [0.25, 0.3) is 0 Å². The molecule has 0 heterocycles. The largest absolute Gasteiger partial charge is 0.344 e. The van der Waals surface area contributed by atoms with E-state index in [9.17, 15) is 8.42 Å². The van der Waals surface area contributed by atoms with Crippen molar-refractivity contribution in [2.45, 2.75) is 4.90 Å². The molecule has 1 aromatic carbocycles. The number of hydrogen-bond donors (Lipinski definition) is 2. The Bertz CT molecular complexity index is 404. The van der Waals surface area contributed by atoms with E-state index in [0.29, 0.717) is 5.02 Å². The van der Waals surface area contributed by atoms with Gasteiger partial charge in [0.2, 0.25) is 0 Å². The van der Waals surface area contributed by atoms with Gasteiger partial charge in [0.1, 0.15) is 4.90 Å². The lowest BCUT2D eigenvalue weighted by Gasteiger charge is -1.99. The van der Waals surface area contributed by atoms with Gasteiger partial charge in [0.15, 0.2) is 0 Å². The molecule has 0 amide bonds. The fourth-order valence-corrected chi connectivity index (χ4v) is 1.93. The Morgan fingerprint density at radius 3 is 2.15 bits per heavy atom. The third-order valence-electron chi connectivity index (χ3n) is 1.17. The molecule has 13 heavy (non-hydrogen) atoms. The van der Waals surface area contributed by atoms with Crippen molar-refractivity contribution in [1.82, 2.24) is 6.15 Å². The van der Waals surface area contributed by atoms with Crippen molar-refractivity contribution in [1.29, 1.82) is 0 Å². The van der Waals surface area contributed by atoms with Gasteiger partial charge in [-0.05, 0) is 18.2 Å². The maximum atomic E-state index is 10.6. The van der Waals surface area contributed by atoms with Gasteiger partial charge in [-0.3, -0.25) is 4.55 Å². The fraction of sp³-hybridized carbons (Fsp3) is 0. The molecule has 1 rings (SSSR count). The molecule has 0 spiro atoms. The molecule has 7 heteroatoms. The van der Waals surface area contributed by atoms with Crippen molar-refractivity contribution < 1.29 is 13.0 Å². The summed E-state index contributed by atoms with van der Waals surface area (Å²) in [7, 11) is -4.24. The Hall–Kier alpha value is -0.330. The lowest BCUT2D eigenvalue weighted by Crippen LogP contribution is -1.98. The average Bonchev–Trinajstić information content (AvgIpc) is 1.83. The SMILES string of the molecule is N.O=S(=O)(O)c1ccc(Cl)cc1Cl. The summed E-state index contributed by atoms with van der Waals surface area (Å²) in [6.45, 7) is 0. The van der Waals surface area contributed by atoms with E-state index in [1.165, 1.54) is 12.1 Å². The zero-order valence-electron chi connectivity index (χ0n) is 6.37. The molecule has 1 aromatic rings. The molecule has 4 nitrogen and oxygen atoms in total. The van der Waals surface area contributed by atoms with Gasteiger partial charge in [0.25, 0.3) is 10.1 Å². The Morgan fingerprint density at radius 2 is 1.77 bits per heavy atom. The molecule has 0 aromatic heterocycles. The van der Waals surface area contributed by atoms with E-state index in [1.54, 1.807) is 0 Å². The zero-order valence-corrected chi connectivity index (χ0v) is 8.70. The molecule has 0 bridgehead atoms. The Kier molecular flexibility index (Phi) is 4.15. The molecule has 0 aliphatic carbocycles. The second-order valence-corrected chi connectivity index (χ2v) is 4.28. The summed E-state index contributed by atoms with van der Waals surface area (Å²) in [5.74, 6) is 0. The number of halogens is 2. The highest BCUT2D eigenvalue weighted by Gasteiger charge is 2.13. The van der Waals surface area contributed by atoms with E-state index in [2.05, 4.69) is 0 Å². The molecule has 0 aliphatic rings. The van der Waals surface area contributed by atoms with Gasteiger partial charge in [-0.1, -0.05) is 23.2 Å². The van der Waals surface area contributed by atoms with Gasteiger partial charge < -0.3 is 6.15 Å². The standard InChI is InChI=1S/C6H4Cl2O3S.H3N/c7-4-1-2-6(5(8)3-4)12(9,10)11;/h1-3H,(H,9,10,11);1H3. The predicted molar refractivity (Wildman–Crippen MR) is 51.3 cm³/mol. The van der Waals surface area contributed by atoms with Gasteiger partial charge in [0.05, 0.1) is 5.02 Å². The average molecular weight is 244 g/mol. The first-order valence-electron chi connectivity index (χ1n) is 2.84. The zero-order chi connectivity index (χ0) is 9.35. The van der Waals surface area contributed by atoms with E-state index in [-0.39, 0.29) is 16.1 Å². The number of rotatable bonds is 1. The van der Waals surface area contributed by atoms with E-state index in [1.807, 2.05) is 0 Å². The summed E-state index contributed by atoms with van der Waals surface area (Å²) in [6, 6.07) is 3.71. The van der Waals surface area contributed by atoms with Crippen LogP contribution in [0, 0.1) is 0 Å². The number of benzene rings is 1. The van der Waals surface area contributed by atoms with Gasteiger partial charge in [-0.15, -0.1) is 0 Å². The van der Waals surface area contributed by atoms with Crippen LogP contribution in [0.1, 0.15) is 0 Å². The minimum Gasteiger partial charge on any atom is -0.344 e. The molecule has 0 fully saturated rings. The lowest BCUT2D eigenvalue weighted by atomic mass is 10.4. The number of hydrogen-bond acceptors (Lipinski definition) is 3. The van der Waals surface area contributed by atoms with Crippen molar-refractivity contribution >= 4 is 33.3 Å². The second-order valence-electron chi connectivity index (χ2n) is 2.05. The highest BCUT2D eigenvalue weighted by atomic mass is 35.5. The topological polar surface area (TPSA) is 89.4 Å². The third kappa shape index (κ3) is 3.13. The van der Waals surface area contributed by atoms with E-state index < -0.39 is 10.1 Å². The summed E-state index contributed by atoms with van der Waals surface area (Å²) in [4.78, 5) is -0.339. The molecule has 0 radical (unpaired) electrons. The van der Waals surface area contributed by atoms with Crippen LogP contribution in [0.2, 0.25) is 10.0 Å². The molecule has 0 aliphatic heterocycles. The lowest BCUT2D eigenvalue weighted by molar-refractivity contribution is 0.483. The van der Waals surface area contributed by atoms with Crippen molar-refractivity contribution in [2.24, 2.45) is 0 Å². The van der Waals surface area contributed by atoms with Crippen LogP contribution in [0.4, 0.5) is 0 Å². The molecular formula is C6H7Cl2NO3S. The molecule has 0 atom stereocenters. The van der Waals surface area contributed by atoms with E-state index in [4.69, 9.17) is 27.8 Å². The van der Waals surface area contributed by atoms with Crippen LogP contribution in [-0.4, -0.2) is 13.0 Å². The van der Waals surface area contributed by atoms with Crippen LogP contribution >= 0.6 is 23.2 Å². The molecule has 0 saturated heterocycles. The Morgan fingerprint density at radius 1 is 1.23 bits per heavy atom. The molecular weight excluding hydrogens is 237 g/mol. The Balaban J connectivity index is 0.00000144. The second kappa shape index (κ2) is 4.26. The van der Waals surface area contributed by atoms with E-state index >= 15 is 0 Å². The van der Waals surface area contributed by atoms with Crippen LogP contribution in [0.3, 0.4) is 0 Å². The third-order valence-corrected chi connectivity index (χ3v) is 2.74. The van der Waals surface area contributed by atoms with Crippen LogP contribution in [-0.2, 0) is 10.1 Å². The first-order chi connectivity index (χ1) is 5.41. The molecule has 4 N–H and O–H groups in total. The quantitative estimate of drug-likeness (QED) is 0.742. The van der Waals surface area contributed by atoms with Crippen LogP contribution < -0.4 is 6.15 Å². The smallest absolute Gasteiger partial charge is 0.296 e. The van der Waals surface area contributed by atoms with Crippen molar-refractivity contribution in [3.8, 4) is 0 Å². The predicted octanol–water partition coefficient (Wildman–Crippen LogP) is 2.40. The first-order valence-corrected chi connectivity index (χ1v) is 5.03. The van der Waals surface area contributed by atoms with Crippen molar-refractivity contribution in [2.75, 3.05) is 0 Å². The molecule has 74 valence electrons. The molecule has 0 saturated carbocycles. The van der Waals surface area contributed by atoms with Gasteiger partial charge in [-0.25, -0.2) is 0 Å². The highest BCUT2D eigenvalue weighted by molar-refractivity contribution is 7.86. The summed E-state index contributed by atoms with van der Waals surface area (Å²) < 4.78 is 29.8. The minimum absolute atomic E-state index is 0. The van der Waals surface area contributed by atoms with Gasteiger partial charge >= 0.3 is 0 Å². The first kappa shape index (κ1) is 12.7. The summed E-state index contributed by atoms with van der Waals surface area (Å²) >= 11 is 11.0. The van der Waals surface area contributed by atoms with Crippen LogP contribution in [0.15, 0.2) is 23.1 Å². The summed E-state index contributed by atoms with van der Waals surface area (Å²) in [5.41, 5.74) is 0. The maximum Gasteiger partial charge on any atom is 0.296 e. The van der Waals surface area contributed by atoms with Crippen LogP contribution in [0.5, 0.6) is 0 Å². The summed E-state index contributed by atoms with van der Waals surface area (Å²) in [5, 5.41) is 0.220. The van der Waals surface area contributed by atoms with Gasteiger partial charge in [0, 0.05) is 5.02 Å². The minimum atomic E-state index is -4.24. The van der Waals surface area contributed by atoms with Crippen molar-refractivity contribution in [3.63, 3.8) is 0 Å².